The number of benzene rings is 2. The van der Waals surface area contributed by atoms with Gasteiger partial charge in [-0.3, -0.25) is 0 Å². The van der Waals surface area contributed by atoms with Crippen molar-refractivity contribution in [3.8, 4) is 11.5 Å². The summed E-state index contributed by atoms with van der Waals surface area (Å²) in [6.07, 6.45) is 0.176. The molecular weight excluding hydrogens is 342 g/mol. The molecule has 0 aliphatic heterocycles. The molecule has 0 fully saturated rings. The van der Waals surface area contributed by atoms with Gasteiger partial charge in [-0.2, -0.15) is 0 Å². The van der Waals surface area contributed by atoms with Crippen LogP contribution in [0.1, 0.15) is 25.0 Å². The molecule has 0 saturated heterocycles. The van der Waals surface area contributed by atoms with Crippen molar-refractivity contribution in [1.29, 1.82) is 0 Å². The normalized spacial score (nSPS) is 10.8. The first kappa shape index (κ1) is 16.8. The van der Waals surface area contributed by atoms with Crippen molar-refractivity contribution >= 4 is 15.9 Å². The first-order valence-electron chi connectivity index (χ1n) is 7.37. The molecule has 2 aromatic rings. The lowest BCUT2D eigenvalue weighted by atomic mass is 10.2. The number of halogens is 1. The molecule has 0 saturated carbocycles. The highest BCUT2D eigenvalue weighted by molar-refractivity contribution is 9.10. The Bertz CT molecular complexity index is 597. The minimum atomic E-state index is 0.176. The minimum Gasteiger partial charge on any atom is -0.497 e. The smallest absolute Gasteiger partial charge is 0.133 e. The lowest BCUT2D eigenvalue weighted by Gasteiger charge is -2.13. The van der Waals surface area contributed by atoms with Crippen LogP contribution in [0.3, 0.4) is 0 Å². The van der Waals surface area contributed by atoms with Crippen molar-refractivity contribution in [2.45, 2.75) is 33.0 Å². The first-order valence-corrected chi connectivity index (χ1v) is 8.16. The van der Waals surface area contributed by atoms with Crippen molar-refractivity contribution in [2.75, 3.05) is 7.11 Å². The molecule has 0 aliphatic carbocycles. The third-order valence-corrected chi connectivity index (χ3v) is 3.80. The van der Waals surface area contributed by atoms with Crippen LogP contribution in [0.2, 0.25) is 0 Å². The standard InChI is InChI=1S/C18H22BrNO2/c1-13(2)22-18-9-6-15(10-17(18)19)12-20-11-14-4-7-16(21-3)8-5-14/h4-10,13,20H,11-12H2,1-3H3. The number of hydrogen-bond acceptors (Lipinski definition) is 3. The van der Waals surface area contributed by atoms with Gasteiger partial charge in [0.1, 0.15) is 11.5 Å². The van der Waals surface area contributed by atoms with E-state index in [0.717, 1.165) is 29.1 Å². The van der Waals surface area contributed by atoms with Gasteiger partial charge >= 0.3 is 0 Å². The molecule has 0 aliphatic rings. The second kappa shape index (κ2) is 8.20. The van der Waals surface area contributed by atoms with Crippen molar-refractivity contribution in [1.82, 2.24) is 5.32 Å². The zero-order valence-corrected chi connectivity index (χ0v) is 14.8. The van der Waals surface area contributed by atoms with Gasteiger partial charge < -0.3 is 14.8 Å². The fraction of sp³-hybridized carbons (Fsp3) is 0.333. The van der Waals surface area contributed by atoms with Crippen LogP contribution < -0.4 is 14.8 Å². The maximum absolute atomic E-state index is 5.72. The highest BCUT2D eigenvalue weighted by Crippen LogP contribution is 2.27. The maximum Gasteiger partial charge on any atom is 0.133 e. The number of nitrogens with one attached hydrogen (secondary N) is 1. The van der Waals surface area contributed by atoms with E-state index in [1.54, 1.807) is 7.11 Å². The Morgan fingerprint density at radius 1 is 1.00 bits per heavy atom. The van der Waals surface area contributed by atoms with Crippen molar-refractivity contribution < 1.29 is 9.47 Å². The summed E-state index contributed by atoms with van der Waals surface area (Å²) in [5.41, 5.74) is 2.45. The third-order valence-electron chi connectivity index (χ3n) is 3.18. The average molecular weight is 364 g/mol. The van der Waals surface area contributed by atoms with Crippen LogP contribution in [0, 0.1) is 0 Å². The Morgan fingerprint density at radius 3 is 2.23 bits per heavy atom. The SMILES string of the molecule is COc1ccc(CNCc2ccc(OC(C)C)c(Br)c2)cc1. The molecule has 118 valence electrons. The third kappa shape index (κ3) is 5.04. The van der Waals surface area contributed by atoms with Gasteiger partial charge in [0.2, 0.25) is 0 Å². The lowest BCUT2D eigenvalue weighted by molar-refractivity contribution is 0.241. The molecule has 0 radical (unpaired) electrons. The molecule has 2 rings (SSSR count). The number of rotatable bonds is 7. The zero-order chi connectivity index (χ0) is 15.9. The Morgan fingerprint density at radius 2 is 1.64 bits per heavy atom. The lowest BCUT2D eigenvalue weighted by Crippen LogP contribution is -2.13. The van der Waals surface area contributed by atoms with Crippen LogP contribution in [0.15, 0.2) is 46.9 Å². The Balaban J connectivity index is 1.87. The summed E-state index contributed by atoms with van der Waals surface area (Å²) < 4.78 is 11.9. The molecule has 0 spiro atoms. The molecule has 1 N–H and O–H groups in total. The molecule has 0 unspecified atom stereocenters. The number of ether oxygens (including phenoxy) is 2. The average Bonchev–Trinajstić information content (AvgIpc) is 2.50. The molecule has 3 nitrogen and oxygen atoms in total. The van der Waals surface area contributed by atoms with E-state index in [1.165, 1.54) is 11.1 Å². The molecular formula is C18H22BrNO2. The van der Waals surface area contributed by atoms with E-state index in [1.807, 2.05) is 32.0 Å². The summed E-state index contributed by atoms with van der Waals surface area (Å²) in [6, 6.07) is 14.3. The Hall–Kier alpha value is -1.52. The molecule has 0 bridgehead atoms. The van der Waals surface area contributed by atoms with E-state index in [0.29, 0.717) is 0 Å². The van der Waals surface area contributed by atoms with E-state index >= 15 is 0 Å². The van der Waals surface area contributed by atoms with Crippen molar-refractivity contribution in [2.24, 2.45) is 0 Å². The molecule has 2 aromatic carbocycles. The van der Waals surface area contributed by atoms with Gasteiger partial charge in [0.15, 0.2) is 0 Å². The van der Waals surface area contributed by atoms with Crippen molar-refractivity contribution in [3.63, 3.8) is 0 Å². The monoisotopic (exact) mass is 363 g/mol. The molecule has 0 heterocycles. The van der Waals surface area contributed by atoms with E-state index in [4.69, 9.17) is 9.47 Å². The van der Waals surface area contributed by atoms with E-state index in [2.05, 4.69) is 45.5 Å². The fourth-order valence-electron chi connectivity index (χ4n) is 2.10. The van der Waals surface area contributed by atoms with Crippen LogP contribution in [0.4, 0.5) is 0 Å². The fourth-order valence-corrected chi connectivity index (χ4v) is 2.62. The van der Waals surface area contributed by atoms with E-state index < -0.39 is 0 Å². The van der Waals surface area contributed by atoms with Crippen LogP contribution in [0.5, 0.6) is 11.5 Å². The van der Waals surface area contributed by atoms with Gasteiger partial charge in [-0.25, -0.2) is 0 Å². The van der Waals surface area contributed by atoms with Gasteiger partial charge in [-0.1, -0.05) is 18.2 Å². The Labute approximate surface area is 140 Å². The largest absolute Gasteiger partial charge is 0.497 e. The Kier molecular flexibility index (Phi) is 6.28. The second-order valence-electron chi connectivity index (χ2n) is 5.38. The van der Waals surface area contributed by atoms with Gasteiger partial charge in [0.25, 0.3) is 0 Å². The predicted molar refractivity (Wildman–Crippen MR) is 93.4 cm³/mol. The molecule has 0 aromatic heterocycles. The maximum atomic E-state index is 5.72. The predicted octanol–water partition coefficient (Wildman–Crippen LogP) is 4.53. The zero-order valence-electron chi connectivity index (χ0n) is 13.2. The highest BCUT2D eigenvalue weighted by Gasteiger charge is 2.04. The number of methoxy groups -OCH3 is 1. The summed E-state index contributed by atoms with van der Waals surface area (Å²) in [4.78, 5) is 0. The summed E-state index contributed by atoms with van der Waals surface area (Å²) in [5, 5.41) is 3.44. The minimum absolute atomic E-state index is 0.176. The van der Waals surface area contributed by atoms with Gasteiger partial charge in [-0.05, 0) is 65.2 Å². The van der Waals surface area contributed by atoms with E-state index in [9.17, 15) is 0 Å². The molecule has 0 amide bonds. The first-order chi connectivity index (χ1) is 10.6. The summed E-state index contributed by atoms with van der Waals surface area (Å²) in [7, 11) is 1.68. The van der Waals surface area contributed by atoms with E-state index in [-0.39, 0.29) is 6.10 Å². The molecule has 0 atom stereocenters. The summed E-state index contributed by atoms with van der Waals surface area (Å²) in [5.74, 6) is 1.77. The quantitative estimate of drug-likeness (QED) is 0.783. The van der Waals surface area contributed by atoms with Gasteiger partial charge in [0.05, 0.1) is 17.7 Å². The second-order valence-corrected chi connectivity index (χ2v) is 6.24. The van der Waals surface area contributed by atoms with Crippen molar-refractivity contribution in [3.05, 3.63) is 58.1 Å². The summed E-state index contributed by atoms with van der Waals surface area (Å²) in [6.45, 7) is 5.69. The highest BCUT2D eigenvalue weighted by atomic mass is 79.9. The topological polar surface area (TPSA) is 30.5 Å². The van der Waals surface area contributed by atoms with Gasteiger partial charge in [-0.15, -0.1) is 0 Å². The van der Waals surface area contributed by atoms with Gasteiger partial charge in [0, 0.05) is 13.1 Å². The molecule has 4 heteroatoms. The summed E-state index contributed by atoms with van der Waals surface area (Å²) >= 11 is 3.56. The van der Waals surface area contributed by atoms with Crippen LogP contribution >= 0.6 is 15.9 Å². The van der Waals surface area contributed by atoms with Crippen LogP contribution in [0.25, 0.3) is 0 Å². The number of hydrogen-bond donors (Lipinski definition) is 1. The molecule has 22 heavy (non-hydrogen) atoms. The van der Waals surface area contributed by atoms with Crippen LogP contribution in [-0.4, -0.2) is 13.2 Å². The van der Waals surface area contributed by atoms with Crippen LogP contribution in [-0.2, 0) is 13.1 Å².